The molecule has 0 bridgehead atoms. The van der Waals surface area contributed by atoms with E-state index in [0.717, 1.165) is 19.4 Å². The van der Waals surface area contributed by atoms with Crippen molar-refractivity contribution in [2.24, 2.45) is 0 Å². The molecule has 0 aromatic heterocycles. The summed E-state index contributed by atoms with van der Waals surface area (Å²) in [5, 5.41) is 6.10. The van der Waals surface area contributed by atoms with Gasteiger partial charge in [0, 0.05) is 18.8 Å². The molecule has 0 heterocycles. The fraction of sp³-hybridized carbons (Fsp3) is 0.375. The average molecular weight is 243 g/mol. The third kappa shape index (κ3) is 3.23. The first kappa shape index (κ1) is 12.9. The molecule has 2 rings (SSSR count). The monoisotopic (exact) mass is 243 g/mol. The fourth-order valence-electron chi connectivity index (χ4n) is 2.26. The van der Waals surface area contributed by atoms with Crippen molar-refractivity contribution in [1.29, 1.82) is 0 Å². The minimum Gasteiger partial charge on any atom is -0.383 e. The maximum atomic E-state index is 5.25. The molecule has 2 aromatic carbocycles. The van der Waals surface area contributed by atoms with E-state index in [0.29, 0.717) is 6.04 Å². The van der Waals surface area contributed by atoms with Crippen LogP contribution in [0.15, 0.2) is 42.5 Å². The van der Waals surface area contributed by atoms with E-state index in [1.54, 1.807) is 7.11 Å². The molecule has 1 N–H and O–H groups in total. The Hall–Kier alpha value is -1.54. The number of fused-ring (bicyclic) bond motifs is 1. The molecule has 2 aromatic rings. The van der Waals surface area contributed by atoms with E-state index in [9.17, 15) is 0 Å². The third-order valence-corrected chi connectivity index (χ3v) is 3.13. The Morgan fingerprint density at radius 3 is 2.61 bits per heavy atom. The molecule has 0 spiro atoms. The maximum absolute atomic E-state index is 5.25. The van der Waals surface area contributed by atoms with Crippen molar-refractivity contribution < 1.29 is 4.74 Å². The van der Waals surface area contributed by atoms with Crippen molar-refractivity contribution in [2.75, 3.05) is 19.0 Å². The summed E-state index contributed by atoms with van der Waals surface area (Å²) in [5.41, 5.74) is 1.17. The Kier molecular flexibility index (Phi) is 4.59. The van der Waals surface area contributed by atoms with Crippen LogP contribution in [0.4, 0.5) is 5.69 Å². The van der Waals surface area contributed by atoms with Crippen molar-refractivity contribution in [3.63, 3.8) is 0 Å². The normalized spacial score (nSPS) is 12.6. The maximum Gasteiger partial charge on any atom is 0.0664 e. The Morgan fingerprint density at radius 1 is 1.11 bits per heavy atom. The first-order valence-electron chi connectivity index (χ1n) is 6.57. The second-order valence-corrected chi connectivity index (χ2v) is 4.65. The van der Waals surface area contributed by atoms with Gasteiger partial charge in [-0.15, -0.1) is 0 Å². The van der Waals surface area contributed by atoms with Crippen LogP contribution >= 0.6 is 0 Å². The summed E-state index contributed by atoms with van der Waals surface area (Å²) in [6.45, 7) is 2.95. The molecule has 1 unspecified atom stereocenters. The SMILES string of the molecule is CCCC(COC)Nc1ccc2ccccc2c1. The topological polar surface area (TPSA) is 21.3 Å². The van der Waals surface area contributed by atoms with Crippen LogP contribution in [0.2, 0.25) is 0 Å². The lowest BCUT2D eigenvalue weighted by Crippen LogP contribution is -2.24. The van der Waals surface area contributed by atoms with Gasteiger partial charge in [0.15, 0.2) is 0 Å². The number of anilines is 1. The zero-order chi connectivity index (χ0) is 12.8. The van der Waals surface area contributed by atoms with Crippen LogP contribution in [0.1, 0.15) is 19.8 Å². The highest BCUT2D eigenvalue weighted by Crippen LogP contribution is 2.20. The second-order valence-electron chi connectivity index (χ2n) is 4.65. The van der Waals surface area contributed by atoms with Gasteiger partial charge in [-0.3, -0.25) is 0 Å². The van der Waals surface area contributed by atoms with E-state index < -0.39 is 0 Å². The average Bonchev–Trinajstić information content (AvgIpc) is 2.39. The molecule has 2 heteroatoms. The van der Waals surface area contributed by atoms with E-state index in [1.165, 1.54) is 16.5 Å². The molecule has 0 aliphatic rings. The molecule has 0 aliphatic heterocycles. The fourth-order valence-corrected chi connectivity index (χ4v) is 2.26. The van der Waals surface area contributed by atoms with Gasteiger partial charge in [0.2, 0.25) is 0 Å². The minimum atomic E-state index is 0.390. The molecule has 0 aliphatic carbocycles. The first-order valence-corrected chi connectivity index (χ1v) is 6.57. The van der Waals surface area contributed by atoms with Gasteiger partial charge in [-0.2, -0.15) is 0 Å². The van der Waals surface area contributed by atoms with Crippen LogP contribution in [0.5, 0.6) is 0 Å². The van der Waals surface area contributed by atoms with Crippen molar-refractivity contribution in [2.45, 2.75) is 25.8 Å². The van der Waals surface area contributed by atoms with Crippen molar-refractivity contribution in [1.82, 2.24) is 0 Å². The zero-order valence-electron chi connectivity index (χ0n) is 11.1. The predicted octanol–water partition coefficient (Wildman–Crippen LogP) is 4.07. The molecular formula is C16H21NO. The number of hydrogen-bond acceptors (Lipinski definition) is 2. The van der Waals surface area contributed by atoms with Crippen LogP contribution in [-0.4, -0.2) is 19.8 Å². The van der Waals surface area contributed by atoms with Crippen LogP contribution < -0.4 is 5.32 Å². The number of hydrogen-bond donors (Lipinski definition) is 1. The summed E-state index contributed by atoms with van der Waals surface area (Å²) in [6.07, 6.45) is 2.29. The predicted molar refractivity (Wildman–Crippen MR) is 78.1 cm³/mol. The second kappa shape index (κ2) is 6.41. The van der Waals surface area contributed by atoms with Gasteiger partial charge in [-0.25, -0.2) is 0 Å². The molecular weight excluding hydrogens is 222 g/mol. The molecule has 18 heavy (non-hydrogen) atoms. The highest BCUT2D eigenvalue weighted by molar-refractivity contribution is 5.85. The highest BCUT2D eigenvalue weighted by atomic mass is 16.5. The van der Waals surface area contributed by atoms with E-state index in [-0.39, 0.29) is 0 Å². The molecule has 96 valence electrons. The molecule has 0 saturated heterocycles. The van der Waals surface area contributed by atoms with Crippen LogP contribution in [0.25, 0.3) is 10.8 Å². The number of methoxy groups -OCH3 is 1. The summed E-state index contributed by atoms with van der Waals surface area (Å²) in [6, 6.07) is 15.3. The molecule has 0 saturated carbocycles. The summed E-state index contributed by atoms with van der Waals surface area (Å²) in [7, 11) is 1.75. The van der Waals surface area contributed by atoms with Gasteiger partial charge < -0.3 is 10.1 Å². The highest BCUT2D eigenvalue weighted by Gasteiger charge is 2.07. The summed E-state index contributed by atoms with van der Waals surface area (Å²) in [4.78, 5) is 0. The molecule has 0 radical (unpaired) electrons. The molecule has 0 amide bonds. The lowest BCUT2D eigenvalue weighted by atomic mass is 10.1. The Bertz CT molecular complexity index is 489. The van der Waals surface area contributed by atoms with E-state index >= 15 is 0 Å². The van der Waals surface area contributed by atoms with Crippen LogP contribution in [0, 0.1) is 0 Å². The summed E-state index contributed by atoms with van der Waals surface area (Å²) >= 11 is 0. The van der Waals surface area contributed by atoms with Crippen molar-refractivity contribution >= 4 is 16.5 Å². The smallest absolute Gasteiger partial charge is 0.0664 e. The van der Waals surface area contributed by atoms with E-state index in [2.05, 4.69) is 54.7 Å². The van der Waals surface area contributed by atoms with Gasteiger partial charge in [0.05, 0.1) is 6.61 Å². The van der Waals surface area contributed by atoms with Gasteiger partial charge in [0.1, 0.15) is 0 Å². The molecule has 0 fully saturated rings. The van der Waals surface area contributed by atoms with Gasteiger partial charge in [-0.1, -0.05) is 43.7 Å². The van der Waals surface area contributed by atoms with E-state index in [4.69, 9.17) is 4.74 Å². The molecule has 1 atom stereocenters. The minimum absolute atomic E-state index is 0.390. The van der Waals surface area contributed by atoms with Crippen molar-refractivity contribution in [3.05, 3.63) is 42.5 Å². The third-order valence-electron chi connectivity index (χ3n) is 3.13. The largest absolute Gasteiger partial charge is 0.383 e. The summed E-state index contributed by atoms with van der Waals surface area (Å²) in [5.74, 6) is 0. The lowest BCUT2D eigenvalue weighted by Gasteiger charge is -2.18. The summed E-state index contributed by atoms with van der Waals surface area (Å²) < 4.78 is 5.25. The number of benzene rings is 2. The Balaban J connectivity index is 2.14. The molecule has 2 nitrogen and oxygen atoms in total. The number of ether oxygens (including phenoxy) is 1. The van der Waals surface area contributed by atoms with Crippen LogP contribution in [-0.2, 0) is 4.74 Å². The van der Waals surface area contributed by atoms with E-state index in [1.807, 2.05) is 0 Å². The quantitative estimate of drug-likeness (QED) is 0.826. The van der Waals surface area contributed by atoms with Gasteiger partial charge in [0.25, 0.3) is 0 Å². The Morgan fingerprint density at radius 2 is 1.89 bits per heavy atom. The lowest BCUT2D eigenvalue weighted by molar-refractivity contribution is 0.182. The number of nitrogens with one attached hydrogen (secondary N) is 1. The van der Waals surface area contributed by atoms with Crippen molar-refractivity contribution in [3.8, 4) is 0 Å². The standard InChI is InChI=1S/C16H21NO/c1-3-6-16(12-18-2)17-15-10-9-13-7-4-5-8-14(13)11-15/h4-5,7-11,16-17H,3,6,12H2,1-2H3. The first-order chi connectivity index (χ1) is 8.83. The van der Waals surface area contributed by atoms with Gasteiger partial charge in [-0.05, 0) is 29.3 Å². The zero-order valence-corrected chi connectivity index (χ0v) is 11.1. The number of rotatable bonds is 6. The Labute approximate surface area is 109 Å². The van der Waals surface area contributed by atoms with Gasteiger partial charge >= 0.3 is 0 Å². The van der Waals surface area contributed by atoms with Crippen LogP contribution in [0.3, 0.4) is 0 Å².